The van der Waals surface area contributed by atoms with E-state index in [-0.39, 0.29) is 50.1 Å². The van der Waals surface area contributed by atoms with E-state index in [1.807, 2.05) is 43.3 Å². The van der Waals surface area contributed by atoms with E-state index < -0.39 is 58.3 Å². The minimum Gasteiger partial charge on any atom is -0.465 e. The highest BCUT2D eigenvalue weighted by Crippen LogP contribution is 2.40. The Hall–Kier alpha value is -2.90. The minimum absolute atomic E-state index is 0.0129. The first-order chi connectivity index (χ1) is 24.0. The minimum atomic E-state index is -3.96. The Balaban J connectivity index is 1.87. The number of rotatable bonds is 13. The van der Waals surface area contributed by atoms with Crippen LogP contribution >= 0.6 is 0 Å². The Morgan fingerprint density at radius 3 is 1.94 bits per heavy atom. The standard InChI is InChI=1S/C40H56O9SSi/c1-29-19-21-30(22-20-29)50(43,44)31-25-34(41)35(23-24-47-38(42)39(2,3)4)48-37(27-46-28-45-8)36(26-31)49-51(40(5,6)7,32-15-11-9-12-16-32)33-17-13-10-14-18-33/h9-22,31,34-37,41H,23-28H2,1-8H3/t31?,34-,35+,36+,37-/m1/s1. The van der Waals surface area contributed by atoms with E-state index in [1.54, 1.807) is 45.0 Å². The molecular formula is C40H56O9SSi. The molecule has 9 nitrogen and oxygen atoms in total. The van der Waals surface area contributed by atoms with Gasteiger partial charge in [0.2, 0.25) is 0 Å². The molecule has 1 aliphatic rings. The van der Waals surface area contributed by atoms with Crippen molar-refractivity contribution in [1.29, 1.82) is 0 Å². The van der Waals surface area contributed by atoms with E-state index in [0.29, 0.717) is 0 Å². The second-order valence-electron chi connectivity index (χ2n) is 15.5. The van der Waals surface area contributed by atoms with Crippen molar-refractivity contribution in [3.05, 3.63) is 90.5 Å². The van der Waals surface area contributed by atoms with Crippen LogP contribution in [0.5, 0.6) is 0 Å². The van der Waals surface area contributed by atoms with Crippen molar-refractivity contribution >= 4 is 34.5 Å². The van der Waals surface area contributed by atoms with E-state index in [0.717, 1.165) is 15.9 Å². The van der Waals surface area contributed by atoms with Crippen molar-refractivity contribution in [3.63, 3.8) is 0 Å². The van der Waals surface area contributed by atoms with Crippen molar-refractivity contribution in [2.75, 3.05) is 27.1 Å². The first-order valence-electron chi connectivity index (χ1n) is 17.7. The molecular weight excluding hydrogens is 685 g/mol. The zero-order chi connectivity index (χ0) is 37.5. The molecule has 1 aliphatic heterocycles. The molecule has 0 aliphatic carbocycles. The van der Waals surface area contributed by atoms with E-state index >= 15 is 0 Å². The fourth-order valence-corrected chi connectivity index (χ4v) is 13.2. The summed E-state index contributed by atoms with van der Waals surface area (Å²) in [5.41, 5.74) is 0.229. The van der Waals surface area contributed by atoms with Gasteiger partial charge in [-0.05, 0) is 68.1 Å². The first-order valence-corrected chi connectivity index (χ1v) is 21.1. The zero-order valence-electron chi connectivity index (χ0n) is 31.3. The molecule has 3 aromatic carbocycles. The van der Waals surface area contributed by atoms with Crippen LogP contribution in [0.25, 0.3) is 0 Å². The van der Waals surface area contributed by atoms with E-state index in [9.17, 15) is 18.3 Å². The Morgan fingerprint density at radius 1 is 0.863 bits per heavy atom. The third kappa shape index (κ3) is 9.95. The van der Waals surface area contributed by atoms with Crippen molar-refractivity contribution in [1.82, 2.24) is 0 Å². The molecule has 1 fully saturated rings. The average Bonchev–Trinajstić information content (AvgIpc) is 3.07. The lowest BCUT2D eigenvalue weighted by atomic mass is 9.96. The van der Waals surface area contributed by atoms with Crippen molar-refractivity contribution < 1.29 is 41.7 Å². The Kier molecular flexibility index (Phi) is 13.8. The number of hydrogen-bond acceptors (Lipinski definition) is 9. The molecule has 0 aromatic heterocycles. The molecule has 3 aromatic rings. The van der Waals surface area contributed by atoms with Crippen LogP contribution in [0, 0.1) is 12.3 Å². The SMILES string of the molecule is COCOC[C@H]1O[C@@H](CCOC(=O)C(C)(C)C)[C@H](O)CC(S(=O)(=O)c2ccc(C)cc2)C[C@@H]1O[Si](c1ccccc1)(c1ccccc1)C(C)(C)C. The number of carbonyl (C=O) groups excluding carboxylic acids is 1. The van der Waals surface area contributed by atoms with E-state index in [2.05, 4.69) is 45.0 Å². The van der Waals surface area contributed by atoms with Gasteiger partial charge in [-0.3, -0.25) is 4.79 Å². The summed E-state index contributed by atoms with van der Waals surface area (Å²) >= 11 is 0. The van der Waals surface area contributed by atoms with E-state index in [4.69, 9.17) is 23.4 Å². The van der Waals surface area contributed by atoms with Crippen LogP contribution in [-0.4, -0.2) is 84.6 Å². The molecule has 280 valence electrons. The van der Waals surface area contributed by atoms with Crippen molar-refractivity contribution in [3.8, 4) is 0 Å². The quantitative estimate of drug-likeness (QED) is 0.104. The molecule has 0 bridgehead atoms. The monoisotopic (exact) mass is 740 g/mol. The van der Waals surface area contributed by atoms with Crippen LogP contribution in [0.4, 0.5) is 0 Å². The zero-order valence-corrected chi connectivity index (χ0v) is 33.2. The normalized spacial score (nSPS) is 22.2. The van der Waals surface area contributed by atoms with Gasteiger partial charge in [-0.25, -0.2) is 8.42 Å². The Bertz CT molecular complexity index is 1600. The van der Waals surface area contributed by atoms with Crippen molar-refractivity contribution in [2.24, 2.45) is 5.41 Å². The molecule has 4 rings (SSSR count). The van der Waals surface area contributed by atoms with Crippen LogP contribution in [0.1, 0.15) is 66.4 Å². The molecule has 0 amide bonds. The molecule has 11 heteroatoms. The third-order valence-electron chi connectivity index (χ3n) is 9.46. The van der Waals surface area contributed by atoms with Gasteiger partial charge >= 0.3 is 5.97 Å². The number of aliphatic hydroxyl groups is 1. The molecule has 0 saturated carbocycles. The summed E-state index contributed by atoms with van der Waals surface area (Å²) in [5.74, 6) is -0.379. The summed E-state index contributed by atoms with van der Waals surface area (Å²) in [6.45, 7) is 13.7. The fourth-order valence-electron chi connectivity index (χ4n) is 6.69. The lowest BCUT2D eigenvalue weighted by molar-refractivity contribution is -0.169. The number of benzene rings is 3. The maximum atomic E-state index is 14.5. The smallest absolute Gasteiger partial charge is 0.311 e. The number of aryl methyl sites for hydroxylation is 1. The maximum absolute atomic E-state index is 14.5. The predicted molar refractivity (Wildman–Crippen MR) is 201 cm³/mol. The van der Waals surface area contributed by atoms with Gasteiger partial charge in [0.15, 0.2) is 9.84 Å². The topological polar surface area (TPSA) is 118 Å². The summed E-state index contributed by atoms with van der Waals surface area (Å²) in [6.07, 6.45) is -3.56. The number of ether oxygens (including phenoxy) is 4. The third-order valence-corrected chi connectivity index (χ3v) is 16.7. The maximum Gasteiger partial charge on any atom is 0.311 e. The lowest BCUT2D eigenvalue weighted by Gasteiger charge is -2.48. The number of esters is 1. The van der Waals surface area contributed by atoms with Crippen LogP contribution in [0.15, 0.2) is 89.8 Å². The van der Waals surface area contributed by atoms with E-state index in [1.165, 1.54) is 7.11 Å². The number of sulfone groups is 1. The van der Waals surface area contributed by atoms with Gasteiger partial charge in [-0.2, -0.15) is 0 Å². The van der Waals surface area contributed by atoms with Gasteiger partial charge in [0.05, 0.1) is 47.1 Å². The first kappa shape index (κ1) is 40.9. The number of aliphatic hydroxyl groups excluding tert-OH is 1. The lowest BCUT2D eigenvalue weighted by Crippen LogP contribution is -2.69. The van der Waals surface area contributed by atoms with Gasteiger partial charge in [-0.1, -0.05) is 99.1 Å². The van der Waals surface area contributed by atoms with Gasteiger partial charge in [0.25, 0.3) is 8.32 Å². The highest BCUT2D eigenvalue weighted by atomic mass is 32.2. The molecule has 1 heterocycles. The van der Waals surface area contributed by atoms with Gasteiger partial charge in [-0.15, -0.1) is 0 Å². The van der Waals surface area contributed by atoms with Crippen LogP contribution in [0.3, 0.4) is 0 Å². The highest BCUT2D eigenvalue weighted by molar-refractivity contribution is 7.92. The second kappa shape index (κ2) is 17.3. The molecule has 5 atom stereocenters. The van der Waals surface area contributed by atoms with Gasteiger partial charge in [0.1, 0.15) is 12.9 Å². The highest BCUT2D eigenvalue weighted by Gasteiger charge is 2.53. The molecule has 1 saturated heterocycles. The van der Waals surface area contributed by atoms with Crippen LogP contribution in [0.2, 0.25) is 5.04 Å². The van der Waals surface area contributed by atoms with Crippen LogP contribution in [-0.2, 0) is 38.0 Å². The molecule has 0 radical (unpaired) electrons. The molecule has 1 unspecified atom stereocenters. The number of methoxy groups -OCH3 is 1. The largest absolute Gasteiger partial charge is 0.465 e. The summed E-state index contributed by atoms with van der Waals surface area (Å²) < 4.78 is 60.1. The second-order valence-corrected chi connectivity index (χ2v) is 22.0. The Morgan fingerprint density at radius 2 is 1.43 bits per heavy atom. The number of carbonyl (C=O) groups is 1. The molecule has 0 spiro atoms. The summed E-state index contributed by atoms with van der Waals surface area (Å²) in [6, 6.07) is 27.1. The van der Waals surface area contributed by atoms with Crippen LogP contribution < -0.4 is 10.4 Å². The van der Waals surface area contributed by atoms with Gasteiger partial charge in [0, 0.05) is 13.5 Å². The van der Waals surface area contributed by atoms with Gasteiger partial charge < -0.3 is 28.5 Å². The predicted octanol–water partition coefficient (Wildman–Crippen LogP) is 5.59. The molecule has 1 N–H and O–H groups in total. The summed E-state index contributed by atoms with van der Waals surface area (Å²) in [4.78, 5) is 12.8. The van der Waals surface area contributed by atoms with Crippen molar-refractivity contribution in [2.45, 2.75) is 107 Å². The fraction of sp³-hybridized carbons (Fsp3) is 0.525. The summed E-state index contributed by atoms with van der Waals surface area (Å²) in [5, 5.41) is 12.3. The number of hydrogen-bond donors (Lipinski definition) is 1. The summed E-state index contributed by atoms with van der Waals surface area (Å²) in [7, 11) is -5.67. The molecule has 51 heavy (non-hydrogen) atoms. The Labute approximate surface area is 305 Å². The average molecular weight is 741 g/mol.